The maximum absolute atomic E-state index is 15.1. The second-order valence-electron chi connectivity index (χ2n) is 10.1. The summed E-state index contributed by atoms with van der Waals surface area (Å²) in [7, 11) is 2.06. The van der Waals surface area contributed by atoms with Crippen LogP contribution < -0.4 is 15.4 Å². The number of amides is 2. The fraction of sp³-hybridized carbons (Fsp3) is 0.444. The third kappa shape index (κ3) is 4.25. The Bertz CT molecular complexity index is 1290. The molecule has 1 aromatic carbocycles. The topological polar surface area (TPSA) is 95.2 Å². The standard InChI is InChI=1S/C27H32ClFN6O3/c1-5-20(36)33-10-12-35-17(13-33)14-38-25-22(27(35)37)26(34-11-9-32(4)15(2)16(34)3)31-24(23(25)28)21-18(29)7-6-8-19(21)30/h5-8,15-17H,1,9-14,30H2,2-4H3/t15?,16?,17-/m1/s1. The Morgan fingerprint density at radius 3 is 2.63 bits per heavy atom. The Kier molecular flexibility index (Phi) is 6.96. The van der Waals surface area contributed by atoms with Gasteiger partial charge in [-0.05, 0) is 39.1 Å². The second-order valence-corrected chi connectivity index (χ2v) is 10.5. The van der Waals surface area contributed by atoms with Gasteiger partial charge in [0.1, 0.15) is 34.5 Å². The first-order valence-corrected chi connectivity index (χ1v) is 13.1. The number of rotatable bonds is 3. The van der Waals surface area contributed by atoms with Crippen molar-refractivity contribution in [3.8, 4) is 17.0 Å². The van der Waals surface area contributed by atoms with E-state index in [1.54, 1.807) is 15.9 Å². The molecule has 11 heteroatoms. The Labute approximate surface area is 226 Å². The Balaban J connectivity index is 1.68. The number of pyridine rings is 1. The van der Waals surface area contributed by atoms with Crippen LogP contribution in [0.2, 0.25) is 5.02 Å². The largest absolute Gasteiger partial charge is 0.489 e. The van der Waals surface area contributed by atoms with Crippen molar-refractivity contribution in [3.05, 3.63) is 47.3 Å². The number of ether oxygens (including phenoxy) is 1. The molecule has 0 bridgehead atoms. The van der Waals surface area contributed by atoms with Crippen molar-refractivity contribution in [1.82, 2.24) is 19.7 Å². The number of likely N-dealkylation sites (N-methyl/N-ethyl adjacent to an activating group) is 1. The summed E-state index contributed by atoms with van der Waals surface area (Å²) in [5.74, 6) is -0.485. The van der Waals surface area contributed by atoms with Crippen molar-refractivity contribution in [2.24, 2.45) is 0 Å². The minimum atomic E-state index is -0.568. The van der Waals surface area contributed by atoms with E-state index in [0.29, 0.717) is 32.0 Å². The zero-order chi connectivity index (χ0) is 27.3. The van der Waals surface area contributed by atoms with Crippen molar-refractivity contribution in [2.45, 2.75) is 32.0 Å². The summed E-state index contributed by atoms with van der Waals surface area (Å²) in [5, 5.41) is 0.0302. The number of benzene rings is 1. The molecule has 2 aromatic rings. The van der Waals surface area contributed by atoms with Crippen molar-refractivity contribution in [2.75, 3.05) is 57.0 Å². The number of hydrogen-bond acceptors (Lipinski definition) is 7. The van der Waals surface area contributed by atoms with Gasteiger partial charge in [0.2, 0.25) is 5.91 Å². The Morgan fingerprint density at radius 2 is 1.92 bits per heavy atom. The summed E-state index contributed by atoms with van der Waals surface area (Å²) >= 11 is 6.86. The molecule has 202 valence electrons. The minimum absolute atomic E-state index is 0.00810. The van der Waals surface area contributed by atoms with Gasteiger partial charge in [0.25, 0.3) is 5.91 Å². The molecule has 5 rings (SSSR count). The average Bonchev–Trinajstić information content (AvgIpc) is 3.05. The number of piperazine rings is 2. The van der Waals surface area contributed by atoms with E-state index in [-0.39, 0.29) is 69.8 Å². The van der Waals surface area contributed by atoms with Gasteiger partial charge in [0, 0.05) is 50.5 Å². The molecule has 2 unspecified atom stereocenters. The third-order valence-corrected chi connectivity index (χ3v) is 8.42. The van der Waals surface area contributed by atoms with Crippen molar-refractivity contribution in [1.29, 1.82) is 0 Å². The number of halogens is 2. The van der Waals surface area contributed by atoms with Gasteiger partial charge in [0.05, 0.1) is 11.6 Å². The van der Waals surface area contributed by atoms with Crippen LogP contribution in [0.5, 0.6) is 5.75 Å². The zero-order valence-electron chi connectivity index (χ0n) is 21.8. The highest BCUT2D eigenvalue weighted by atomic mass is 35.5. The SMILES string of the molecule is C=CC(=O)N1CCN2C(=O)c3c(N4CCN(C)C(C)C4C)nc(-c4c(N)cccc4F)c(Cl)c3OC[C@H]2C1. The van der Waals surface area contributed by atoms with Crippen molar-refractivity contribution in [3.63, 3.8) is 0 Å². The molecule has 3 atom stereocenters. The van der Waals surface area contributed by atoms with E-state index < -0.39 is 5.82 Å². The lowest BCUT2D eigenvalue weighted by Gasteiger charge is -2.45. The number of nitrogen functional groups attached to an aromatic ring is 1. The second kappa shape index (κ2) is 10.1. The van der Waals surface area contributed by atoms with Crippen LogP contribution in [-0.4, -0.2) is 96.0 Å². The summed E-state index contributed by atoms with van der Waals surface area (Å²) in [6, 6.07) is 4.17. The third-order valence-electron chi connectivity index (χ3n) is 8.07. The highest BCUT2D eigenvalue weighted by molar-refractivity contribution is 6.35. The van der Waals surface area contributed by atoms with Crippen LogP contribution in [0.1, 0.15) is 24.2 Å². The molecule has 3 aliphatic heterocycles. The van der Waals surface area contributed by atoms with Crippen LogP contribution in [-0.2, 0) is 4.79 Å². The molecular formula is C27H32ClFN6O3. The molecule has 9 nitrogen and oxygen atoms in total. The van der Waals surface area contributed by atoms with Crippen LogP contribution in [0, 0.1) is 5.82 Å². The highest BCUT2D eigenvalue weighted by Crippen LogP contribution is 2.46. The van der Waals surface area contributed by atoms with E-state index in [9.17, 15) is 9.59 Å². The van der Waals surface area contributed by atoms with Crippen LogP contribution >= 0.6 is 11.6 Å². The van der Waals surface area contributed by atoms with Gasteiger partial charge >= 0.3 is 0 Å². The van der Waals surface area contributed by atoms with Crippen LogP contribution in [0.3, 0.4) is 0 Å². The molecule has 2 fully saturated rings. The number of carbonyl (C=O) groups is 2. The summed E-state index contributed by atoms with van der Waals surface area (Å²) in [5.41, 5.74) is 6.82. The summed E-state index contributed by atoms with van der Waals surface area (Å²) < 4.78 is 21.3. The summed E-state index contributed by atoms with van der Waals surface area (Å²) in [6.45, 7) is 10.3. The molecule has 0 radical (unpaired) electrons. The number of nitrogens with two attached hydrogens (primary N) is 1. The van der Waals surface area contributed by atoms with E-state index in [0.717, 1.165) is 6.54 Å². The minimum Gasteiger partial charge on any atom is -0.489 e. The van der Waals surface area contributed by atoms with Gasteiger partial charge in [-0.3, -0.25) is 14.5 Å². The molecule has 3 aliphatic rings. The lowest BCUT2D eigenvalue weighted by Crippen LogP contribution is -2.58. The monoisotopic (exact) mass is 542 g/mol. The molecule has 0 spiro atoms. The number of anilines is 2. The van der Waals surface area contributed by atoms with E-state index >= 15 is 4.39 Å². The van der Waals surface area contributed by atoms with E-state index in [4.69, 9.17) is 27.1 Å². The van der Waals surface area contributed by atoms with Gasteiger partial charge in [-0.25, -0.2) is 9.37 Å². The predicted molar refractivity (Wildman–Crippen MR) is 145 cm³/mol. The van der Waals surface area contributed by atoms with Crippen LogP contribution in [0.15, 0.2) is 30.9 Å². The van der Waals surface area contributed by atoms with Gasteiger partial charge in [-0.1, -0.05) is 24.2 Å². The molecule has 1 aromatic heterocycles. The van der Waals surface area contributed by atoms with Crippen molar-refractivity contribution < 1.29 is 18.7 Å². The van der Waals surface area contributed by atoms with Gasteiger partial charge in [0.15, 0.2) is 5.75 Å². The predicted octanol–water partition coefficient (Wildman–Crippen LogP) is 2.88. The normalized spacial score (nSPS) is 23.9. The number of aromatic nitrogens is 1. The van der Waals surface area contributed by atoms with Crippen LogP contribution in [0.25, 0.3) is 11.3 Å². The molecule has 4 heterocycles. The molecular weight excluding hydrogens is 511 g/mol. The number of hydrogen-bond donors (Lipinski definition) is 1. The zero-order valence-corrected chi connectivity index (χ0v) is 22.5. The number of nitrogens with zero attached hydrogens (tertiary/aromatic N) is 5. The fourth-order valence-corrected chi connectivity index (χ4v) is 5.83. The first-order valence-electron chi connectivity index (χ1n) is 12.7. The molecule has 0 saturated carbocycles. The van der Waals surface area contributed by atoms with Gasteiger partial charge in [-0.2, -0.15) is 0 Å². The average molecular weight is 543 g/mol. The summed E-state index contributed by atoms with van der Waals surface area (Å²) in [4.78, 5) is 39.0. The first kappa shape index (κ1) is 26.2. The fourth-order valence-electron chi connectivity index (χ4n) is 5.54. The highest BCUT2D eigenvalue weighted by Gasteiger charge is 2.42. The van der Waals surface area contributed by atoms with Gasteiger partial charge < -0.3 is 25.2 Å². The smallest absolute Gasteiger partial charge is 0.261 e. The van der Waals surface area contributed by atoms with E-state index in [1.165, 1.54) is 18.2 Å². The Hall–Kier alpha value is -3.37. The van der Waals surface area contributed by atoms with Crippen LogP contribution in [0.4, 0.5) is 15.9 Å². The lowest BCUT2D eigenvalue weighted by atomic mass is 10.0. The molecule has 0 aliphatic carbocycles. The number of carbonyl (C=O) groups excluding carboxylic acids is 2. The van der Waals surface area contributed by atoms with E-state index in [1.807, 2.05) is 0 Å². The molecule has 2 saturated heterocycles. The summed E-state index contributed by atoms with van der Waals surface area (Å²) in [6.07, 6.45) is 1.27. The van der Waals surface area contributed by atoms with Crippen molar-refractivity contribution >= 4 is 34.9 Å². The molecule has 2 amide bonds. The maximum atomic E-state index is 15.1. The first-order chi connectivity index (χ1) is 18.1. The quantitative estimate of drug-likeness (QED) is 0.471. The lowest BCUT2D eigenvalue weighted by molar-refractivity contribution is -0.128. The van der Waals surface area contributed by atoms with Gasteiger partial charge in [-0.15, -0.1) is 0 Å². The number of fused-ring (bicyclic) bond motifs is 2. The molecule has 2 N–H and O–H groups in total. The maximum Gasteiger partial charge on any atom is 0.261 e. The van der Waals surface area contributed by atoms with E-state index in [2.05, 4.69) is 37.3 Å². The Morgan fingerprint density at radius 1 is 1.18 bits per heavy atom. The molecule has 38 heavy (non-hydrogen) atoms.